The number of carbonyl (C=O) groups excluding carboxylic acids is 1. The Labute approximate surface area is 113 Å². The molecule has 0 radical (unpaired) electrons. The SMILES string of the molecule is CCc1nnsc1C(=O)N(C)C1CCCCCC1. The fourth-order valence-electron chi connectivity index (χ4n) is 2.57. The summed E-state index contributed by atoms with van der Waals surface area (Å²) in [6.07, 6.45) is 8.14. The van der Waals surface area contributed by atoms with Gasteiger partial charge in [0, 0.05) is 13.1 Å². The number of amides is 1. The number of hydrogen-bond donors (Lipinski definition) is 0. The van der Waals surface area contributed by atoms with Crippen molar-refractivity contribution in [3.8, 4) is 0 Å². The van der Waals surface area contributed by atoms with Gasteiger partial charge >= 0.3 is 0 Å². The largest absolute Gasteiger partial charge is 0.338 e. The molecule has 100 valence electrons. The van der Waals surface area contributed by atoms with Gasteiger partial charge in [-0.05, 0) is 30.8 Å². The molecule has 1 amide bonds. The molecule has 0 saturated heterocycles. The molecule has 0 atom stereocenters. The number of aryl methyl sites for hydroxylation is 1. The van der Waals surface area contributed by atoms with E-state index in [1.54, 1.807) is 0 Å². The predicted octanol–water partition coefficient (Wildman–Crippen LogP) is 2.90. The predicted molar refractivity (Wildman–Crippen MR) is 72.9 cm³/mol. The van der Waals surface area contributed by atoms with Crippen molar-refractivity contribution in [2.24, 2.45) is 0 Å². The van der Waals surface area contributed by atoms with Crippen molar-refractivity contribution in [3.05, 3.63) is 10.6 Å². The number of hydrogen-bond acceptors (Lipinski definition) is 4. The van der Waals surface area contributed by atoms with Crippen LogP contribution >= 0.6 is 11.5 Å². The fourth-order valence-corrected chi connectivity index (χ4v) is 3.31. The zero-order valence-electron chi connectivity index (χ0n) is 11.2. The lowest BCUT2D eigenvalue weighted by atomic mass is 10.1. The normalized spacial score (nSPS) is 17.4. The zero-order chi connectivity index (χ0) is 13.0. The van der Waals surface area contributed by atoms with E-state index in [4.69, 9.17) is 0 Å². The molecule has 0 spiro atoms. The Bertz CT molecular complexity index is 397. The molecular weight excluding hydrogens is 246 g/mol. The van der Waals surface area contributed by atoms with Gasteiger partial charge in [0.05, 0.1) is 5.69 Å². The first-order valence-electron chi connectivity index (χ1n) is 6.82. The van der Waals surface area contributed by atoms with Crippen molar-refractivity contribution >= 4 is 17.4 Å². The number of carbonyl (C=O) groups is 1. The smallest absolute Gasteiger partial charge is 0.267 e. The third kappa shape index (κ3) is 2.88. The summed E-state index contributed by atoms with van der Waals surface area (Å²) in [6, 6.07) is 0.395. The summed E-state index contributed by atoms with van der Waals surface area (Å²) in [5, 5.41) is 4.02. The summed E-state index contributed by atoms with van der Waals surface area (Å²) in [5.41, 5.74) is 0.838. The lowest BCUT2D eigenvalue weighted by Crippen LogP contribution is -2.36. The molecule has 2 rings (SSSR count). The summed E-state index contributed by atoms with van der Waals surface area (Å²) in [4.78, 5) is 15.1. The van der Waals surface area contributed by atoms with Crippen molar-refractivity contribution in [3.63, 3.8) is 0 Å². The quantitative estimate of drug-likeness (QED) is 0.791. The minimum absolute atomic E-state index is 0.105. The Balaban J connectivity index is 2.07. The highest BCUT2D eigenvalue weighted by molar-refractivity contribution is 7.07. The second-order valence-corrected chi connectivity index (χ2v) is 5.72. The second kappa shape index (κ2) is 6.27. The van der Waals surface area contributed by atoms with Crippen LogP contribution in [0, 0.1) is 0 Å². The molecule has 0 N–H and O–H groups in total. The lowest BCUT2D eigenvalue weighted by Gasteiger charge is -2.26. The molecule has 1 aromatic rings. The molecule has 0 unspecified atom stereocenters. The van der Waals surface area contributed by atoms with Gasteiger partial charge in [-0.15, -0.1) is 5.10 Å². The van der Waals surface area contributed by atoms with Gasteiger partial charge in [0.25, 0.3) is 5.91 Å². The molecule has 1 saturated carbocycles. The molecule has 1 aromatic heterocycles. The number of aromatic nitrogens is 2. The van der Waals surface area contributed by atoms with Crippen LogP contribution in [0.4, 0.5) is 0 Å². The minimum Gasteiger partial charge on any atom is -0.338 e. The van der Waals surface area contributed by atoms with Crippen LogP contribution in [0.3, 0.4) is 0 Å². The van der Waals surface area contributed by atoms with Crippen molar-refractivity contribution in [2.45, 2.75) is 57.9 Å². The molecule has 0 aliphatic heterocycles. The maximum absolute atomic E-state index is 12.5. The summed E-state index contributed by atoms with van der Waals surface area (Å²) in [5.74, 6) is 0.105. The first-order valence-corrected chi connectivity index (χ1v) is 7.59. The molecule has 5 heteroatoms. The van der Waals surface area contributed by atoms with Gasteiger partial charge in [0.1, 0.15) is 4.88 Å². The van der Waals surface area contributed by atoms with Crippen LogP contribution in [0.25, 0.3) is 0 Å². The Hall–Kier alpha value is -0.970. The van der Waals surface area contributed by atoms with Gasteiger partial charge in [0.15, 0.2) is 0 Å². The molecule has 18 heavy (non-hydrogen) atoms. The van der Waals surface area contributed by atoms with Crippen molar-refractivity contribution in [2.75, 3.05) is 7.05 Å². The third-order valence-corrected chi connectivity index (χ3v) is 4.53. The molecule has 1 aliphatic rings. The van der Waals surface area contributed by atoms with Crippen LogP contribution in [0.15, 0.2) is 0 Å². The van der Waals surface area contributed by atoms with Gasteiger partial charge < -0.3 is 4.90 Å². The first kappa shape index (κ1) is 13.5. The highest BCUT2D eigenvalue weighted by Crippen LogP contribution is 2.23. The summed E-state index contributed by atoms with van der Waals surface area (Å²) >= 11 is 1.23. The van der Waals surface area contributed by atoms with E-state index in [-0.39, 0.29) is 5.91 Å². The Morgan fingerprint density at radius 2 is 2.00 bits per heavy atom. The van der Waals surface area contributed by atoms with Gasteiger partial charge in [-0.25, -0.2) is 0 Å². The first-order chi connectivity index (χ1) is 8.74. The van der Waals surface area contributed by atoms with E-state index in [0.29, 0.717) is 6.04 Å². The van der Waals surface area contributed by atoms with Crippen molar-refractivity contribution < 1.29 is 4.79 Å². The standard InChI is InChI=1S/C13H21N3OS/c1-3-11-12(18-15-14-11)13(17)16(2)10-8-6-4-5-7-9-10/h10H,3-9H2,1-2H3. The van der Waals surface area contributed by atoms with Crippen LogP contribution in [-0.2, 0) is 6.42 Å². The van der Waals surface area contributed by atoms with E-state index in [0.717, 1.165) is 29.8 Å². The van der Waals surface area contributed by atoms with E-state index in [1.807, 2.05) is 18.9 Å². The van der Waals surface area contributed by atoms with Crippen LogP contribution in [0.2, 0.25) is 0 Å². The maximum atomic E-state index is 12.5. The zero-order valence-corrected chi connectivity index (χ0v) is 12.0. The Kier molecular flexibility index (Phi) is 4.69. The highest BCUT2D eigenvalue weighted by atomic mass is 32.1. The van der Waals surface area contributed by atoms with Crippen LogP contribution in [-0.4, -0.2) is 33.5 Å². The van der Waals surface area contributed by atoms with E-state index in [2.05, 4.69) is 9.59 Å². The van der Waals surface area contributed by atoms with E-state index in [1.165, 1.54) is 37.2 Å². The monoisotopic (exact) mass is 267 g/mol. The third-order valence-electron chi connectivity index (χ3n) is 3.78. The van der Waals surface area contributed by atoms with Gasteiger partial charge in [0.2, 0.25) is 0 Å². The Morgan fingerprint density at radius 3 is 2.61 bits per heavy atom. The molecular formula is C13H21N3OS. The second-order valence-electron chi connectivity index (χ2n) is 4.96. The molecule has 4 nitrogen and oxygen atoms in total. The molecule has 1 fully saturated rings. The van der Waals surface area contributed by atoms with Crippen molar-refractivity contribution in [1.82, 2.24) is 14.5 Å². The lowest BCUT2D eigenvalue weighted by molar-refractivity contribution is 0.0721. The summed E-state index contributed by atoms with van der Waals surface area (Å²) < 4.78 is 3.90. The van der Waals surface area contributed by atoms with Crippen molar-refractivity contribution in [1.29, 1.82) is 0 Å². The van der Waals surface area contributed by atoms with E-state index >= 15 is 0 Å². The molecule has 0 bridgehead atoms. The fraction of sp³-hybridized carbons (Fsp3) is 0.769. The van der Waals surface area contributed by atoms with Gasteiger partial charge in [-0.1, -0.05) is 37.1 Å². The maximum Gasteiger partial charge on any atom is 0.267 e. The van der Waals surface area contributed by atoms with E-state index in [9.17, 15) is 4.79 Å². The summed E-state index contributed by atoms with van der Waals surface area (Å²) in [6.45, 7) is 2.01. The average molecular weight is 267 g/mol. The number of nitrogens with zero attached hydrogens (tertiary/aromatic N) is 3. The van der Waals surface area contributed by atoms with Crippen LogP contribution < -0.4 is 0 Å². The average Bonchev–Trinajstić information content (AvgIpc) is 2.70. The number of rotatable bonds is 3. The minimum atomic E-state index is 0.105. The molecule has 1 heterocycles. The van der Waals surface area contributed by atoms with Crippen LogP contribution in [0.1, 0.15) is 60.8 Å². The van der Waals surface area contributed by atoms with Crippen LogP contribution in [0.5, 0.6) is 0 Å². The molecule has 0 aromatic carbocycles. The van der Waals surface area contributed by atoms with E-state index < -0.39 is 0 Å². The molecule has 1 aliphatic carbocycles. The topological polar surface area (TPSA) is 46.1 Å². The Morgan fingerprint density at radius 1 is 1.33 bits per heavy atom. The summed E-state index contributed by atoms with van der Waals surface area (Å²) in [7, 11) is 1.93. The van der Waals surface area contributed by atoms with Gasteiger partial charge in [-0.2, -0.15) is 0 Å². The van der Waals surface area contributed by atoms with Gasteiger partial charge in [-0.3, -0.25) is 4.79 Å². The highest BCUT2D eigenvalue weighted by Gasteiger charge is 2.25.